The summed E-state index contributed by atoms with van der Waals surface area (Å²) in [6.07, 6.45) is -8.38. The minimum Gasteiger partial charge on any atom is -0.475 e. The van der Waals surface area contributed by atoms with Gasteiger partial charge >= 0.3 is 24.1 Å². The number of benzene rings is 2. The lowest BCUT2D eigenvalue weighted by Gasteiger charge is -2.23. The highest BCUT2D eigenvalue weighted by Gasteiger charge is 2.38. The molecule has 0 fully saturated rings. The standard InChI is InChI=1S/C19H22FNO2.C5H10FNO2.C2HF3O2/c1-2-23-19(22)18(20)15-21(13-16-9-5-3-6-10-16)14-17-11-7-4-8-12-17;1-2-9-5(8)4(6)3-7;3-2(4,5)1(6)7/h3-12,18H,2,13-15H2,1H3;4H,2-3,7H2,1H3;(H,6,7). The van der Waals surface area contributed by atoms with E-state index >= 15 is 0 Å². The zero-order valence-electron chi connectivity index (χ0n) is 21.6. The smallest absolute Gasteiger partial charge is 0.475 e. The van der Waals surface area contributed by atoms with Crippen LogP contribution < -0.4 is 5.73 Å². The quantitative estimate of drug-likeness (QED) is 0.310. The topological polar surface area (TPSA) is 119 Å². The normalized spacial score (nSPS) is 12.1. The van der Waals surface area contributed by atoms with E-state index in [2.05, 4.69) is 4.74 Å². The summed E-state index contributed by atoms with van der Waals surface area (Å²) in [4.78, 5) is 32.7. The molecular weight excluding hydrogens is 531 g/mol. The van der Waals surface area contributed by atoms with Crippen molar-refractivity contribution in [2.24, 2.45) is 5.73 Å². The second-order valence-electron chi connectivity index (χ2n) is 7.62. The maximum Gasteiger partial charge on any atom is 0.490 e. The Kier molecular flexibility index (Phi) is 17.7. The number of carbonyl (C=O) groups is 3. The van der Waals surface area contributed by atoms with Gasteiger partial charge in [-0.3, -0.25) is 4.90 Å². The molecular formula is C26H33F5N2O6. The minimum absolute atomic E-state index is 0.0165. The number of carboxylic acids is 1. The van der Waals surface area contributed by atoms with Gasteiger partial charge in [0.1, 0.15) is 0 Å². The maximum atomic E-state index is 14.1. The summed E-state index contributed by atoms with van der Waals surface area (Å²) in [6, 6.07) is 19.7. The Morgan fingerprint density at radius 2 is 1.18 bits per heavy atom. The number of nitrogens with zero attached hydrogens (tertiary/aromatic N) is 1. The van der Waals surface area contributed by atoms with Crippen molar-refractivity contribution in [3.63, 3.8) is 0 Å². The molecule has 0 bridgehead atoms. The second-order valence-corrected chi connectivity index (χ2v) is 7.62. The van der Waals surface area contributed by atoms with Crippen LogP contribution in [0.25, 0.3) is 0 Å². The van der Waals surface area contributed by atoms with Crippen LogP contribution in [0.15, 0.2) is 60.7 Å². The van der Waals surface area contributed by atoms with Crippen molar-refractivity contribution in [3.05, 3.63) is 71.8 Å². The number of rotatable bonds is 11. The first-order chi connectivity index (χ1) is 18.3. The molecule has 3 N–H and O–H groups in total. The summed E-state index contributed by atoms with van der Waals surface area (Å²) in [5, 5.41) is 7.12. The third-order valence-electron chi connectivity index (χ3n) is 4.45. The van der Waals surface area contributed by atoms with Crippen molar-refractivity contribution in [1.82, 2.24) is 4.90 Å². The summed E-state index contributed by atoms with van der Waals surface area (Å²) in [7, 11) is 0. The number of carbonyl (C=O) groups excluding carboxylic acids is 2. The summed E-state index contributed by atoms with van der Waals surface area (Å²) in [5.41, 5.74) is 6.99. The second kappa shape index (κ2) is 19.5. The number of nitrogens with two attached hydrogens (primary N) is 1. The highest BCUT2D eigenvalue weighted by Crippen LogP contribution is 2.13. The molecule has 2 aromatic carbocycles. The molecule has 0 saturated heterocycles. The molecule has 0 radical (unpaired) electrons. The van der Waals surface area contributed by atoms with Crippen LogP contribution >= 0.6 is 0 Å². The average molecular weight is 565 g/mol. The van der Waals surface area contributed by atoms with Gasteiger partial charge in [-0.2, -0.15) is 13.2 Å². The Morgan fingerprint density at radius 1 is 0.821 bits per heavy atom. The van der Waals surface area contributed by atoms with E-state index in [1.165, 1.54) is 0 Å². The van der Waals surface area contributed by atoms with Gasteiger partial charge in [0.05, 0.1) is 13.2 Å². The number of ether oxygens (including phenoxy) is 2. The van der Waals surface area contributed by atoms with Crippen LogP contribution in [0.3, 0.4) is 0 Å². The van der Waals surface area contributed by atoms with E-state index in [0.717, 1.165) is 11.1 Å². The van der Waals surface area contributed by atoms with Crippen molar-refractivity contribution in [3.8, 4) is 0 Å². The molecule has 2 aromatic rings. The molecule has 0 spiro atoms. The molecule has 0 aliphatic rings. The molecule has 0 aliphatic heterocycles. The van der Waals surface area contributed by atoms with E-state index in [4.69, 9.17) is 20.4 Å². The highest BCUT2D eigenvalue weighted by atomic mass is 19.4. The molecule has 2 rings (SSSR count). The van der Waals surface area contributed by atoms with Crippen molar-refractivity contribution in [1.29, 1.82) is 0 Å². The van der Waals surface area contributed by atoms with Crippen LogP contribution in [0.1, 0.15) is 25.0 Å². The predicted molar refractivity (Wildman–Crippen MR) is 133 cm³/mol. The zero-order chi connectivity index (χ0) is 29.8. The van der Waals surface area contributed by atoms with E-state index in [1.54, 1.807) is 13.8 Å². The molecule has 0 aliphatic carbocycles. The monoisotopic (exact) mass is 564 g/mol. The number of aliphatic carboxylic acids is 1. The van der Waals surface area contributed by atoms with Crippen molar-refractivity contribution in [2.75, 3.05) is 26.3 Å². The molecule has 2 atom stereocenters. The molecule has 2 unspecified atom stereocenters. The first kappa shape index (κ1) is 35.4. The minimum atomic E-state index is -5.08. The van der Waals surface area contributed by atoms with Gasteiger partial charge in [0.25, 0.3) is 0 Å². The fraction of sp³-hybridized carbons (Fsp3) is 0.423. The fourth-order valence-corrected chi connectivity index (χ4v) is 2.73. The van der Waals surface area contributed by atoms with Gasteiger partial charge in [0.15, 0.2) is 0 Å². The summed E-state index contributed by atoms with van der Waals surface area (Å²) < 4.78 is 67.0. The van der Waals surface area contributed by atoms with Gasteiger partial charge in [0, 0.05) is 26.2 Å². The Hall–Kier alpha value is -3.58. The first-order valence-corrected chi connectivity index (χ1v) is 11.8. The third-order valence-corrected chi connectivity index (χ3v) is 4.45. The van der Waals surface area contributed by atoms with E-state index in [1.807, 2.05) is 65.6 Å². The Labute approximate surface area is 223 Å². The number of hydrogen-bond donors (Lipinski definition) is 2. The van der Waals surface area contributed by atoms with E-state index in [9.17, 15) is 31.5 Å². The average Bonchev–Trinajstić information content (AvgIpc) is 2.89. The molecule has 0 aromatic heterocycles. The predicted octanol–water partition coefficient (Wildman–Crippen LogP) is 4.07. The largest absolute Gasteiger partial charge is 0.490 e. The van der Waals surface area contributed by atoms with Gasteiger partial charge in [-0.25, -0.2) is 23.2 Å². The van der Waals surface area contributed by atoms with Gasteiger partial charge in [-0.1, -0.05) is 60.7 Å². The number of esters is 2. The summed E-state index contributed by atoms with van der Waals surface area (Å²) >= 11 is 0. The van der Waals surface area contributed by atoms with Crippen molar-refractivity contribution >= 4 is 17.9 Å². The lowest BCUT2D eigenvalue weighted by molar-refractivity contribution is -0.192. The SMILES string of the molecule is CCOC(=O)C(F)CN.CCOC(=O)C(F)CN(Cc1ccccc1)Cc1ccccc1.O=C(O)C(F)(F)F. The highest BCUT2D eigenvalue weighted by molar-refractivity contribution is 5.75. The Morgan fingerprint density at radius 3 is 1.49 bits per heavy atom. The Balaban J connectivity index is 0.000000743. The molecule has 0 amide bonds. The molecule has 0 saturated carbocycles. The first-order valence-electron chi connectivity index (χ1n) is 11.8. The zero-order valence-corrected chi connectivity index (χ0v) is 21.6. The summed E-state index contributed by atoms with van der Waals surface area (Å²) in [6.45, 7) is 4.54. The molecule has 218 valence electrons. The van der Waals surface area contributed by atoms with Crippen molar-refractivity contribution in [2.45, 2.75) is 45.5 Å². The van der Waals surface area contributed by atoms with E-state index in [-0.39, 0.29) is 26.3 Å². The molecule has 0 heterocycles. The van der Waals surface area contributed by atoms with Gasteiger partial charge in [0.2, 0.25) is 12.3 Å². The number of alkyl halides is 5. The lowest BCUT2D eigenvalue weighted by atomic mass is 10.1. The van der Waals surface area contributed by atoms with Crippen LogP contribution in [-0.4, -0.2) is 72.7 Å². The van der Waals surface area contributed by atoms with Crippen LogP contribution in [0.2, 0.25) is 0 Å². The van der Waals surface area contributed by atoms with Crippen LogP contribution in [0.5, 0.6) is 0 Å². The van der Waals surface area contributed by atoms with E-state index in [0.29, 0.717) is 13.1 Å². The van der Waals surface area contributed by atoms with Gasteiger partial charge < -0.3 is 20.3 Å². The van der Waals surface area contributed by atoms with Gasteiger partial charge in [-0.15, -0.1) is 0 Å². The number of halogens is 5. The van der Waals surface area contributed by atoms with Gasteiger partial charge in [-0.05, 0) is 25.0 Å². The Bertz CT molecular complexity index is 923. The number of carboxylic acid groups (broad SMARTS) is 1. The summed E-state index contributed by atoms with van der Waals surface area (Å²) in [5.74, 6) is -4.42. The molecule has 39 heavy (non-hydrogen) atoms. The number of hydrogen-bond acceptors (Lipinski definition) is 7. The van der Waals surface area contributed by atoms with Crippen LogP contribution in [0, 0.1) is 0 Å². The molecule has 8 nitrogen and oxygen atoms in total. The van der Waals surface area contributed by atoms with Crippen LogP contribution in [0.4, 0.5) is 22.0 Å². The van der Waals surface area contributed by atoms with Crippen molar-refractivity contribution < 1.29 is 50.9 Å². The van der Waals surface area contributed by atoms with Crippen LogP contribution in [-0.2, 0) is 36.9 Å². The lowest BCUT2D eigenvalue weighted by Crippen LogP contribution is -2.34. The molecule has 13 heteroatoms. The third kappa shape index (κ3) is 16.8. The fourth-order valence-electron chi connectivity index (χ4n) is 2.73. The van der Waals surface area contributed by atoms with E-state index < -0.39 is 36.4 Å². The maximum absolute atomic E-state index is 14.1.